The zero-order valence-corrected chi connectivity index (χ0v) is 36.1. The molecule has 3 unspecified atom stereocenters. The van der Waals surface area contributed by atoms with E-state index in [1.807, 2.05) is 13.8 Å². The van der Waals surface area contributed by atoms with E-state index in [9.17, 15) is 19.0 Å². The molecule has 2 aliphatic rings. The SMILES string of the molecule is CCCC(C)O[C@H](C)OC.CCC[C@@](C)(O)OC[C@@]1(O)C[C@H](C)CC[C@H]1C(C)CCC(C)C1CCC(C)CC1.CO.NC=O.Oc1ccc(OC(F)F)cc1. The molecule has 6 N–H and O–H groups in total. The van der Waals surface area contributed by atoms with Crippen LogP contribution >= 0.6 is 0 Å². The number of nitrogens with two attached hydrogens (primary N) is 1. The number of rotatable bonds is 17. The van der Waals surface area contributed by atoms with Crippen LogP contribution in [0.25, 0.3) is 0 Å². The maximum Gasteiger partial charge on any atom is 0.387 e. The molecule has 326 valence electrons. The van der Waals surface area contributed by atoms with E-state index in [0.717, 1.165) is 57.0 Å². The number of carbonyl (C=O) groups excluding carboxylic acids is 1. The summed E-state index contributed by atoms with van der Waals surface area (Å²) in [5.41, 5.74) is 3.36. The number of aromatic hydroxyl groups is 1. The Morgan fingerprint density at radius 2 is 1.44 bits per heavy atom. The number of hydrogen-bond acceptors (Lipinski definition) is 9. The van der Waals surface area contributed by atoms with Crippen molar-refractivity contribution in [1.29, 1.82) is 0 Å². The molecule has 2 saturated carbocycles. The zero-order chi connectivity index (χ0) is 42.6. The van der Waals surface area contributed by atoms with Crippen LogP contribution in [0, 0.1) is 35.5 Å². The van der Waals surface area contributed by atoms with Crippen molar-refractivity contribution < 1.29 is 52.9 Å². The second kappa shape index (κ2) is 31.0. The van der Waals surface area contributed by atoms with Gasteiger partial charge < -0.3 is 45.1 Å². The van der Waals surface area contributed by atoms with E-state index in [-0.39, 0.29) is 36.7 Å². The summed E-state index contributed by atoms with van der Waals surface area (Å²) >= 11 is 0. The summed E-state index contributed by atoms with van der Waals surface area (Å²) in [5.74, 6) is 2.83. The summed E-state index contributed by atoms with van der Waals surface area (Å²) in [6.07, 6.45) is 15.4. The molecule has 2 fully saturated rings. The molecule has 0 radical (unpaired) electrons. The summed E-state index contributed by atoms with van der Waals surface area (Å²) < 4.78 is 43.3. The average molecular weight is 794 g/mol. The molecule has 0 saturated heterocycles. The molecule has 0 aliphatic heterocycles. The Kier molecular flexibility index (Phi) is 31.0. The lowest BCUT2D eigenvalue weighted by atomic mass is 9.65. The summed E-state index contributed by atoms with van der Waals surface area (Å²) in [6.45, 7) is 16.8. The largest absolute Gasteiger partial charge is 0.508 e. The van der Waals surface area contributed by atoms with Gasteiger partial charge in [-0.3, -0.25) is 4.79 Å². The fourth-order valence-corrected chi connectivity index (χ4v) is 7.69. The van der Waals surface area contributed by atoms with Gasteiger partial charge in [0.15, 0.2) is 12.1 Å². The number of halogens is 2. The lowest BCUT2D eigenvalue weighted by Crippen LogP contribution is -2.51. The van der Waals surface area contributed by atoms with Crippen molar-refractivity contribution in [2.45, 2.75) is 176 Å². The van der Waals surface area contributed by atoms with Gasteiger partial charge in [0, 0.05) is 20.6 Å². The number of aliphatic hydroxyl groups excluding tert-OH is 1. The number of benzene rings is 1. The first-order chi connectivity index (χ1) is 25.9. The molecule has 3 rings (SSSR count). The fourth-order valence-electron chi connectivity index (χ4n) is 7.69. The Morgan fingerprint density at radius 1 is 0.909 bits per heavy atom. The highest BCUT2D eigenvalue weighted by molar-refractivity contribution is 5.42. The Labute approximate surface area is 332 Å². The Hall–Kier alpha value is -2.09. The first-order valence-electron chi connectivity index (χ1n) is 20.5. The summed E-state index contributed by atoms with van der Waals surface area (Å²) in [7, 11) is 2.66. The van der Waals surface area contributed by atoms with E-state index >= 15 is 0 Å². The molecule has 0 heterocycles. The second-order valence-corrected chi connectivity index (χ2v) is 15.9. The van der Waals surface area contributed by atoms with E-state index in [0.29, 0.717) is 24.4 Å². The van der Waals surface area contributed by atoms with Crippen molar-refractivity contribution >= 4 is 6.41 Å². The van der Waals surface area contributed by atoms with E-state index in [1.54, 1.807) is 14.0 Å². The maximum atomic E-state index is 11.6. The zero-order valence-electron chi connectivity index (χ0n) is 36.1. The number of carbonyl (C=O) groups is 1. The lowest BCUT2D eigenvalue weighted by Gasteiger charge is -2.46. The third kappa shape index (κ3) is 25.7. The molecule has 0 spiro atoms. The molecule has 10 nitrogen and oxygen atoms in total. The minimum absolute atomic E-state index is 0.0200. The van der Waals surface area contributed by atoms with Crippen LogP contribution in [0.4, 0.5) is 8.78 Å². The number of ether oxygens (including phenoxy) is 4. The molecule has 0 aromatic heterocycles. The number of amides is 1. The number of hydrogen-bond donors (Lipinski definition) is 5. The monoisotopic (exact) mass is 794 g/mol. The van der Waals surface area contributed by atoms with Crippen molar-refractivity contribution in [3.05, 3.63) is 24.3 Å². The van der Waals surface area contributed by atoms with Crippen molar-refractivity contribution in [2.24, 2.45) is 41.2 Å². The molecule has 1 amide bonds. The van der Waals surface area contributed by atoms with Crippen LogP contribution in [0.1, 0.15) is 146 Å². The molecule has 1 aromatic rings. The van der Waals surface area contributed by atoms with Crippen molar-refractivity contribution in [3.63, 3.8) is 0 Å². The fraction of sp³-hybridized carbons (Fsp3) is 0.837. The number of phenols is 1. The van der Waals surface area contributed by atoms with Gasteiger partial charge in [0.1, 0.15) is 11.5 Å². The Bertz CT molecular complexity index is 1040. The van der Waals surface area contributed by atoms with Crippen LogP contribution in [0.5, 0.6) is 11.5 Å². The molecule has 0 bridgehead atoms. The minimum atomic E-state index is -2.82. The van der Waals surface area contributed by atoms with Gasteiger partial charge in [-0.1, -0.05) is 86.5 Å². The Morgan fingerprint density at radius 3 is 1.93 bits per heavy atom. The Balaban J connectivity index is 0. The smallest absolute Gasteiger partial charge is 0.387 e. The van der Waals surface area contributed by atoms with Gasteiger partial charge in [-0.15, -0.1) is 0 Å². The molecule has 55 heavy (non-hydrogen) atoms. The number of methoxy groups -OCH3 is 1. The highest BCUT2D eigenvalue weighted by atomic mass is 19.3. The van der Waals surface area contributed by atoms with Gasteiger partial charge in [-0.05, 0) is 113 Å². The molecular formula is C43H81F2NO9. The van der Waals surface area contributed by atoms with Crippen molar-refractivity contribution in [2.75, 3.05) is 20.8 Å². The number of alkyl halides is 2. The quantitative estimate of drug-likeness (QED) is 0.0765. The van der Waals surface area contributed by atoms with E-state index in [4.69, 9.17) is 29.2 Å². The second-order valence-electron chi connectivity index (χ2n) is 15.9. The third-order valence-corrected chi connectivity index (χ3v) is 10.9. The van der Waals surface area contributed by atoms with E-state index in [1.165, 1.54) is 69.2 Å². The van der Waals surface area contributed by atoms with Gasteiger partial charge in [0.25, 0.3) is 0 Å². The van der Waals surface area contributed by atoms with Crippen molar-refractivity contribution in [1.82, 2.24) is 0 Å². The highest BCUT2D eigenvalue weighted by Gasteiger charge is 2.45. The van der Waals surface area contributed by atoms with Gasteiger partial charge in [-0.2, -0.15) is 8.78 Å². The molecule has 8 atom stereocenters. The number of phenolic OH excluding ortho intramolecular Hbond substituents is 1. The standard InChI is InChI=1S/C26H50O3.C8H18O2.C7H6F2O2.CH3NO.CH4O/c1-7-16-25(6,27)29-18-26(28)17-20(3)10-15-24(26)22(5)12-11-21(4)23-13-8-19(2)9-14-23;1-5-6-7(2)10-8(3)9-4;8-7(9)11-6-3-1-5(10)2-4-6;2-1-3;1-2/h19-24,27-28H,7-18H2,1-6H3;7-8H,5-6H2,1-4H3;1-4,7,10H;1H,(H2,2,3);2H,1H3/t19?,20-,21?,22?,23?,24+,25+,26+;7?,8-;;;/m11.../s1. The van der Waals surface area contributed by atoms with Crippen LogP contribution in [-0.4, -0.2) is 78.1 Å². The lowest BCUT2D eigenvalue weighted by molar-refractivity contribution is -0.239. The third-order valence-electron chi connectivity index (χ3n) is 10.9. The van der Waals surface area contributed by atoms with Crippen LogP contribution in [0.3, 0.4) is 0 Å². The van der Waals surface area contributed by atoms with Gasteiger partial charge >= 0.3 is 6.61 Å². The maximum absolute atomic E-state index is 11.6. The van der Waals surface area contributed by atoms with E-state index < -0.39 is 18.0 Å². The minimum Gasteiger partial charge on any atom is -0.508 e. The normalized spacial score (nSPS) is 25.3. The van der Waals surface area contributed by atoms with Gasteiger partial charge in [-0.25, -0.2) is 0 Å². The summed E-state index contributed by atoms with van der Waals surface area (Å²) in [5, 5.41) is 37.8. The molecule has 2 aliphatic carbocycles. The first-order valence-corrected chi connectivity index (χ1v) is 20.5. The van der Waals surface area contributed by atoms with Gasteiger partial charge in [0.2, 0.25) is 6.41 Å². The van der Waals surface area contributed by atoms with Gasteiger partial charge in [0.05, 0.1) is 18.3 Å². The summed E-state index contributed by atoms with van der Waals surface area (Å²) in [6, 6.07) is 5.08. The van der Waals surface area contributed by atoms with Crippen LogP contribution < -0.4 is 10.5 Å². The van der Waals surface area contributed by atoms with E-state index in [2.05, 4.69) is 52.0 Å². The first kappa shape index (κ1) is 55.0. The average Bonchev–Trinajstić information content (AvgIpc) is 3.12. The predicted molar refractivity (Wildman–Crippen MR) is 217 cm³/mol. The topological polar surface area (TPSA) is 161 Å². The number of aliphatic hydroxyl groups is 3. The predicted octanol–water partition coefficient (Wildman–Crippen LogP) is 9.45. The van der Waals surface area contributed by atoms with Crippen LogP contribution in [0.15, 0.2) is 24.3 Å². The van der Waals surface area contributed by atoms with Crippen LogP contribution in [-0.2, 0) is 19.0 Å². The summed E-state index contributed by atoms with van der Waals surface area (Å²) in [4.78, 5) is 8.58. The van der Waals surface area contributed by atoms with Crippen LogP contribution in [0.2, 0.25) is 0 Å². The van der Waals surface area contributed by atoms with Crippen molar-refractivity contribution in [3.8, 4) is 11.5 Å². The number of primary amides is 1. The molecule has 1 aromatic carbocycles. The molecular weight excluding hydrogens is 712 g/mol. The molecule has 12 heteroatoms. The highest BCUT2D eigenvalue weighted by Crippen LogP contribution is 2.44.